The van der Waals surface area contributed by atoms with E-state index in [0.29, 0.717) is 0 Å². The summed E-state index contributed by atoms with van der Waals surface area (Å²) in [6.07, 6.45) is 0.956. The van der Waals surface area contributed by atoms with Crippen LogP contribution in [0.3, 0.4) is 0 Å². The smallest absolute Gasteiger partial charge is 0.150 e. The molecule has 0 saturated carbocycles. The fraction of sp³-hybridized carbons (Fsp3) is 0. The Bertz CT molecular complexity index is 1230. The Morgan fingerprint density at radius 3 is 2.22 bits per heavy atom. The monoisotopic (exact) mass is 312 g/mol. The summed E-state index contributed by atoms with van der Waals surface area (Å²) in [4.78, 5) is 11.5. The Morgan fingerprint density at radius 1 is 0.652 bits per heavy atom. The largest absolute Gasteiger partial charge is 0.298 e. The van der Waals surface area contributed by atoms with E-state index in [1.807, 2.05) is 35.6 Å². The van der Waals surface area contributed by atoms with Gasteiger partial charge in [0.05, 0.1) is 0 Å². The predicted molar refractivity (Wildman–Crippen MR) is 99.7 cm³/mol. The van der Waals surface area contributed by atoms with Gasteiger partial charge >= 0.3 is 0 Å². The van der Waals surface area contributed by atoms with Crippen LogP contribution >= 0.6 is 11.3 Å². The first kappa shape index (κ1) is 12.8. The van der Waals surface area contributed by atoms with Crippen molar-refractivity contribution >= 4 is 59.3 Å². The Balaban J connectivity index is 2.04. The van der Waals surface area contributed by atoms with Crippen molar-refractivity contribution in [2.24, 2.45) is 0 Å². The van der Waals surface area contributed by atoms with Gasteiger partial charge in [0.2, 0.25) is 0 Å². The predicted octanol–water partition coefficient (Wildman–Crippen LogP) is 6.17. The van der Waals surface area contributed by atoms with E-state index in [1.54, 1.807) is 0 Å². The Kier molecular flexibility index (Phi) is 2.58. The fourth-order valence-electron chi connectivity index (χ4n) is 3.45. The number of hydrogen-bond acceptors (Lipinski definition) is 2. The molecule has 4 aromatic carbocycles. The molecular formula is C21H12OS. The molecule has 0 unspecified atom stereocenters. The van der Waals surface area contributed by atoms with Crippen molar-refractivity contribution in [2.75, 3.05) is 0 Å². The summed E-state index contributed by atoms with van der Waals surface area (Å²) >= 11 is 1.83. The highest BCUT2D eigenvalue weighted by Gasteiger charge is 2.10. The highest BCUT2D eigenvalue weighted by Crippen LogP contribution is 2.38. The van der Waals surface area contributed by atoms with Crippen molar-refractivity contribution in [3.05, 3.63) is 72.3 Å². The minimum absolute atomic E-state index is 0.756. The molecule has 23 heavy (non-hydrogen) atoms. The molecule has 0 amide bonds. The lowest BCUT2D eigenvalue weighted by atomic mass is 9.96. The Hall–Kier alpha value is -2.71. The van der Waals surface area contributed by atoms with Gasteiger partial charge in [0.25, 0.3) is 0 Å². The molecule has 0 saturated heterocycles. The zero-order chi connectivity index (χ0) is 15.4. The molecule has 0 bridgehead atoms. The van der Waals surface area contributed by atoms with Gasteiger partial charge in [-0.3, -0.25) is 4.79 Å². The maximum absolute atomic E-state index is 11.5. The van der Waals surface area contributed by atoms with Crippen LogP contribution in [0.2, 0.25) is 0 Å². The van der Waals surface area contributed by atoms with Crippen LogP contribution in [-0.4, -0.2) is 6.29 Å². The molecule has 0 N–H and O–H groups in total. The fourth-order valence-corrected chi connectivity index (χ4v) is 4.58. The third kappa shape index (κ3) is 1.76. The summed E-state index contributed by atoms with van der Waals surface area (Å²) in [5, 5.41) is 7.06. The molecule has 5 aromatic rings. The third-order valence-corrected chi connectivity index (χ3v) is 5.65. The second-order valence-corrected chi connectivity index (χ2v) is 6.88. The lowest BCUT2D eigenvalue weighted by molar-refractivity contribution is 0.112. The summed E-state index contributed by atoms with van der Waals surface area (Å²) < 4.78 is 2.60. The van der Waals surface area contributed by atoms with Crippen LogP contribution in [0, 0.1) is 0 Å². The number of carbonyl (C=O) groups is 1. The molecule has 0 fully saturated rings. The van der Waals surface area contributed by atoms with E-state index >= 15 is 0 Å². The van der Waals surface area contributed by atoms with Gasteiger partial charge in [0.1, 0.15) is 0 Å². The van der Waals surface area contributed by atoms with E-state index in [1.165, 1.54) is 25.6 Å². The normalized spacial score (nSPS) is 11.7. The molecule has 1 nitrogen and oxygen atoms in total. The summed E-state index contributed by atoms with van der Waals surface area (Å²) in [5.41, 5.74) is 0.756. The van der Waals surface area contributed by atoms with Gasteiger partial charge in [-0.15, -0.1) is 11.3 Å². The van der Waals surface area contributed by atoms with Gasteiger partial charge in [-0.1, -0.05) is 42.5 Å². The maximum atomic E-state index is 11.5. The van der Waals surface area contributed by atoms with Gasteiger partial charge in [-0.25, -0.2) is 0 Å². The number of carbonyl (C=O) groups excluding carboxylic acids is 1. The summed E-state index contributed by atoms with van der Waals surface area (Å²) in [6, 6.07) is 23.1. The minimum Gasteiger partial charge on any atom is -0.298 e. The van der Waals surface area contributed by atoms with E-state index in [9.17, 15) is 4.79 Å². The third-order valence-electron chi connectivity index (χ3n) is 4.52. The summed E-state index contributed by atoms with van der Waals surface area (Å²) in [7, 11) is 0. The van der Waals surface area contributed by atoms with Gasteiger partial charge in [-0.05, 0) is 45.8 Å². The Morgan fingerprint density at radius 2 is 1.39 bits per heavy atom. The number of rotatable bonds is 1. The minimum atomic E-state index is 0.756. The molecule has 5 rings (SSSR count). The number of aldehydes is 1. The van der Waals surface area contributed by atoms with Crippen molar-refractivity contribution in [1.82, 2.24) is 0 Å². The number of fused-ring (bicyclic) bond motifs is 6. The van der Waals surface area contributed by atoms with Crippen LogP contribution in [0.1, 0.15) is 10.4 Å². The first-order valence-electron chi connectivity index (χ1n) is 7.57. The lowest BCUT2D eigenvalue weighted by Crippen LogP contribution is -1.86. The van der Waals surface area contributed by atoms with E-state index < -0.39 is 0 Å². The molecule has 0 spiro atoms. The van der Waals surface area contributed by atoms with Gasteiger partial charge in [0.15, 0.2) is 6.29 Å². The molecule has 108 valence electrons. The molecule has 0 aliphatic heterocycles. The molecule has 1 heterocycles. The molecule has 0 aliphatic carbocycles. The highest BCUT2D eigenvalue weighted by molar-refractivity contribution is 7.25. The van der Waals surface area contributed by atoms with Crippen LogP contribution in [0.4, 0.5) is 0 Å². The summed E-state index contributed by atoms with van der Waals surface area (Å²) in [6.45, 7) is 0. The second-order valence-electron chi connectivity index (χ2n) is 5.80. The zero-order valence-electron chi connectivity index (χ0n) is 12.2. The van der Waals surface area contributed by atoms with Crippen molar-refractivity contribution in [3.63, 3.8) is 0 Å². The van der Waals surface area contributed by atoms with Crippen LogP contribution in [-0.2, 0) is 0 Å². The number of thiophene rings is 1. The first-order valence-corrected chi connectivity index (χ1v) is 8.39. The van der Waals surface area contributed by atoms with Crippen LogP contribution in [0.25, 0.3) is 41.7 Å². The van der Waals surface area contributed by atoms with E-state index in [0.717, 1.165) is 28.0 Å². The highest BCUT2D eigenvalue weighted by atomic mass is 32.1. The topological polar surface area (TPSA) is 17.1 Å². The van der Waals surface area contributed by atoms with Gasteiger partial charge < -0.3 is 0 Å². The molecule has 0 aliphatic rings. The molecule has 0 radical (unpaired) electrons. The van der Waals surface area contributed by atoms with Crippen molar-refractivity contribution in [1.29, 1.82) is 0 Å². The van der Waals surface area contributed by atoms with Crippen molar-refractivity contribution in [3.8, 4) is 0 Å². The van der Waals surface area contributed by atoms with Crippen LogP contribution < -0.4 is 0 Å². The standard InChI is InChI=1S/C21H12OS/c22-12-14-9-13-10-19-17-7-3-4-8-20(17)23-21(19)11-18(13)16-6-2-1-5-15(14)16/h1-12H. The first-order chi connectivity index (χ1) is 11.3. The lowest BCUT2D eigenvalue weighted by Gasteiger charge is -2.07. The average molecular weight is 312 g/mol. The van der Waals surface area contributed by atoms with E-state index in [-0.39, 0.29) is 0 Å². The summed E-state index contributed by atoms with van der Waals surface area (Å²) in [5.74, 6) is 0. The van der Waals surface area contributed by atoms with Gasteiger partial charge in [0, 0.05) is 25.7 Å². The van der Waals surface area contributed by atoms with E-state index in [2.05, 4.69) is 42.5 Å². The molecule has 0 atom stereocenters. The number of benzene rings is 4. The van der Waals surface area contributed by atoms with Gasteiger partial charge in [-0.2, -0.15) is 0 Å². The van der Waals surface area contributed by atoms with Crippen LogP contribution in [0.15, 0.2) is 66.7 Å². The van der Waals surface area contributed by atoms with Crippen LogP contribution in [0.5, 0.6) is 0 Å². The quantitative estimate of drug-likeness (QED) is 0.267. The number of hydrogen-bond donors (Lipinski definition) is 0. The maximum Gasteiger partial charge on any atom is 0.150 e. The molecule has 2 heteroatoms. The SMILES string of the molecule is O=Cc1cc2cc3c(cc2c2ccccc12)sc1ccccc13. The Labute approximate surface area is 136 Å². The molecular weight excluding hydrogens is 300 g/mol. The zero-order valence-corrected chi connectivity index (χ0v) is 13.1. The van der Waals surface area contributed by atoms with Crippen molar-refractivity contribution < 1.29 is 4.79 Å². The van der Waals surface area contributed by atoms with E-state index in [4.69, 9.17) is 0 Å². The second kappa shape index (κ2) is 4.64. The molecule has 1 aromatic heterocycles. The average Bonchev–Trinajstić information content (AvgIpc) is 2.97. The van der Waals surface area contributed by atoms with Crippen molar-refractivity contribution in [2.45, 2.75) is 0 Å².